The molecule has 0 spiro atoms. The standard InChI is InChI=1S/C24H18F2N4O2/c25-20-8-4-16(5-9-20)23(31)13-19(14-24(32)17-6-10-21(26)11-7-17)18-2-1-3-22(12-18)30-15-27-28-29-30/h1-12,15,19H,13-14H2. The summed E-state index contributed by atoms with van der Waals surface area (Å²) in [6, 6.07) is 17.9. The van der Waals surface area contributed by atoms with Gasteiger partial charge in [0, 0.05) is 24.0 Å². The summed E-state index contributed by atoms with van der Waals surface area (Å²) in [5.74, 6) is -1.75. The van der Waals surface area contributed by atoms with Crippen LogP contribution in [0, 0.1) is 11.6 Å². The summed E-state index contributed by atoms with van der Waals surface area (Å²) in [5.41, 5.74) is 2.16. The maximum absolute atomic E-state index is 13.2. The second-order valence-corrected chi connectivity index (χ2v) is 7.31. The van der Waals surface area contributed by atoms with Crippen molar-refractivity contribution in [3.05, 3.63) is 107 Å². The van der Waals surface area contributed by atoms with Crippen LogP contribution in [0.25, 0.3) is 5.69 Å². The van der Waals surface area contributed by atoms with E-state index in [1.807, 2.05) is 12.1 Å². The van der Waals surface area contributed by atoms with Crippen LogP contribution in [0.1, 0.15) is 45.0 Å². The zero-order valence-electron chi connectivity index (χ0n) is 16.9. The Balaban J connectivity index is 1.63. The highest BCUT2D eigenvalue weighted by atomic mass is 19.1. The van der Waals surface area contributed by atoms with Gasteiger partial charge in [-0.15, -0.1) is 5.10 Å². The quantitative estimate of drug-likeness (QED) is 0.381. The number of benzene rings is 3. The molecule has 0 fully saturated rings. The van der Waals surface area contributed by atoms with E-state index in [1.54, 1.807) is 12.1 Å². The number of ketones is 2. The number of tetrazole rings is 1. The highest BCUT2D eigenvalue weighted by molar-refractivity contribution is 5.99. The molecule has 4 aromatic rings. The molecule has 1 heterocycles. The Morgan fingerprint density at radius 2 is 1.38 bits per heavy atom. The minimum absolute atomic E-state index is 0.0393. The van der Waals surface area contributed by atoms with Gasteiger partial charge in [-0.3, -0.25) is 9.59 Å². The second kappa shape index (κ2) is 9.38. The van der Waals surface area contributed by atoms with Gasteiger partial charge in [-0.05, 0) is 82.6 Å². The van der Waals surface area contributed by atoms with Gasteiger partial charge in [0.2, 0.25) is 0 Å². The monoisotopic (exact) mass is 432 g/mol. The SMILES string of the molecule is O=C(CC(CC(=O)c1ccc(F)cc1)c1cccc(-n2cnnn2)c1)c1ccc(F)cc1. The number of nitrogens with zero attached hydrogens (tertiary/aromatic N) is 4. The van der Waals surface area contributed by atoms with Crippen molar-refractivity contribution in [1.82, 2.24) is 20.2 Å². The Kier molecular flexibility index (Phi) is 6.21. The topological polar surface area (TPSA) is 77.7 Å². The fourth-order valence-electron chi connectivity index (χ4n) is 3.46. The molecule has 1 aromatic heterocycles. The maximum Gasteiger partial charge on any atom is 0.163 e. The van der Waals surface area contributed by atoms with E-state index in [-0.39, 0.29) is 24.4 Å². The van der Waals surface area contributed by atoms with Crippen LogP contribution in [0.3, 0.4) is 0 Å². The molecule has 0 saturated heterocycles. The molecule has 0 aliphatic heterocycles. The molecule has 0 aliphatic carbocycles. The van der Waals surface area contributed by atoms with Crippen molar-refractivity contribution in [1.29, 1.82) is 0 Å². The first-order chi connectivity index (χ1) is 15.5. The van der Waals surface area contributed by atoms with Gasteiger partial charge in [-0.25, -0.2) is 13.5 Å². The number of rotatable bonds is 8. The van der Waals surface area contributed by atoms with Gasteiger partial charge in [0.25, 0.3) is 0 Å². The summed E-state index contributed by atoms with van der Waals surface area (Å²) in [4.78, 5) is 25.8. The van der Waals surface area contributed by atoms with Gasteiger partial charge >= 0.3 is 0 Å². The van der Waals surface area contributed by atoms with Crippen LogP contribution in [-0.2, 0) is 0 Å². The Bertz CT molecular complexity index is 1160. The van der Waals surface area contributed by atoms with Crippen molar-refractivity contribution in [3.63, 3.8) is 0 Å². The van der Waals surface area contributed by atoms with Crippen LogP contribution in [0.4, 0.5) is 8.78 Å². The van der Waals surface area contributed by atoms with Crippen LogP contribution in [0.5, 0.6) is 0 Å². The third-order valence-corrected chi connectivity index (χ3v) is 5.15. The lowest BCUT2D eigenvalue weighted by atomic mass is 9.86. The number of carbonyl (C=O) groups is 2. The first kappa shape index (κ1) is 21.2. The van der Waals surface area contributed by atoms with Crippen LogP contribution in [0.2, 0.25) is 0 Å². The van der Waals surface area contributed by atoms with Crippen molar-refractivity contribution < 1.29 is 18.4 Å². The molecule has 0 unspecified atom stereocenters. The van der Waals surface area contributed by atoms with Crippen molar-refractivity contribution in [2.45, 2.75) is 18.8 Å². The normalized spacial score (nSPS) is 11.0. The number of carbonyl (C=O) groups excluding carboxylic acids is 2. The zero-order valence-corrected chi connectivity index (χ0v) is 16.9. The molecule has 0 saturated carbocycles. The van der Waals surface area contributed by atoms with Crippen LogP contribution >= 0.6 is 0 Å². The van der Waals surface area contributed by atoms with Gasteiger partial charge in [-0.2, -0.15) is 0 Å². The molecule has 0 bridgehead atoms. The molecule has 0 amide bonds. The van der Waals surface area contributed by atoms with Crippen molar-refractivity contribution in [3.8, 4) is 5.69 Å². The minimum Gasteiger partial charge on any atom is -0.294 e. The third kappa shape index (κ3) is 4.97. The molecule has 8 heteroatoms. The van der Waals surface area contributed by atoms with Gasteiger partial charge in [0.1, 0.15) is 18.0 Å². The van der Waals surface area contributed by atoms with E-state index < -0.39 is 17.6 Å². The van der Waals surface area contributed by atoms with Gasteiger partial charge < -0.3 is 0 Å². The summed E-state index contributed by atoms with van der Waals surface area (Å²) in [5, 5.41) is 11.1. The lowest BCUT2D eigenvalue weighted by Gasteiger charge is -2.17. The molecule has 6 nitrogen and oxygen atoms in total. The molecular weight excluding hydrogens is 414 g/mol. The molecule has 0 N–H and O–H groups in total. The molecule has 160 valence electrons. The van der Waals surface area contributed by atoms with E-state index in [9.17, 15) is 18.4 Å². The first-order valence-corrected chi connectivity index (χ1v) is 9.90. The summed E-state index contributed by atoms with van der Waals surface area (Å²) < 4.78 is 28.0. The predicted octanol–water partition coefficient (Wildman–Crippen LogP) is 4.57. The Morgan fingerprint density at radius 1 is 0.812 bits per heavy atom. The number of hydrogen-bond donors (Lipinski definition) is 0. The minimum atomic E-state index is -0.457. The molecule has 0 aliphatic rings. The van der Waals surface area contributed by atoms with Gasteiger partial charge in [0.15, 0.2) is 11.6 Å². The fraction of sp³-hybridized carbons (Fsp3) is 0.125. The second-order valence-electron chi connectivity index (χ2n) is 7.31. The van der Waals surface area contributed by atoms with Gasteiger partial charge in [-0.1, -0.05) is 12.1 Å². The largest absolute Gasteiger partial charge is 0.294 e. The van der Waals surface area contributed by atoms with E-state index in [1.165, 1.54) is 59.5 Å². The predicted molar refractivity (Wildman–Crippen MR) is 113 cm³/mol. The highest BCUT2D eigenvalue weighted by Gasteiger charge is 2.22. The first-order valence-electron chi connectivity index (χ1n) is 9.90. The Hall–Kier alpha value is -4.07. The molecule has 0 radical (unpaired) electrons. The lowest BCUT2D eigenvalue weighted by molar-refractivity contribution is 0.0944. The van der Waals surface area contributed by atoms with E-state index in [2.05, 4.69) is 15.5 Å². The van der Waals surface area contributed by atoms with E-state index in [0.29, 0.717) is 16.8 Å². The molecule has 0 atom stereocenters. The van der Waals surface area contributed by atoms with E-state index in [4.69, 9.17) is 0 Å². The average molecular weight is 432 g/mol. The number of Topliss-reactive ketones (excluding diaryl/α,β-unsaturated/α-hetero) is 2. The molecule has 4 rings (SSSR count). The van der Waals surface area contributed by atoms with Crippen molar-refractivity contribution in [2.75, 3.05) is 0 Å². The summed E-state index contributed by atoms with van der Waals surface area (Å²) in [6.45, 7) is 0. The average Bonchev–Trinajstić information content (AvgIpc) is 3.34. The van der Waals surface area contributed by atoms with E-state index >= 15 is 0 Å². The van der Waals surface area contributed by atoms with Crippen molar-refractivity contribution >= 4 is 11.6 Å². The molecule has 3 aromatic carbocycles. The number of aromatic nitrogens is 4. The maximum atomic E-state index is 13.2. The van der Waals surface area contributed by atoms with Crippen molar-refractivity contribution in [2.24, 2.45) is 0 Å². The lowest BCUT2D eigenvalue weighted by Crippen LogP contribution is -2.13. The summed E-state index contributed by atoms with van der Waals surface area (Å²) >= 11 is 0. The highest BCUT2D eigenvalue weighted by Crippen LogP contribution is 2.29. The third-order valence-electron chi connectivity index (χ3n) is 5.15. The molecular formula is C24H18F2N4O2. The summed E-state index contributed by atoms with van der Waals surface area (Å²) in [6.07, 6.45) is 1.52. The smallest absolute Gasteiger partial charge is 0.163 e. The Labute approximate surface area is 182 Å². The Morgan fingerprint density at radius 3 is 1.88 bits per heavy atom. The number of halogens is 2. The van der Waals surface area contributed by atoms with Crippen LogP contribution in [0.15, 0.2) is 79.1 Å². The van der Waals surface area contributed by atoms with Gasteiger partial charge in [0.05, 0.1) is 5.69 Å². The van der Waals surface area contributed by atoms with E-state index in [0.717, 1.165) is 5.56 Å². The number of hydrogen-bond acceptors (Lipinski definition) is 5. The van der Waals surface area contributed by atoms with Crippen LogP contribution in [-0.4, -0.2) is 31.8 Å². The fourth-order valence-corrected chi connectivity index (χ4v) is 3.46. The molecule has 32 heavy (non-hydrogen) atoms. The van der Waals surface area contributed by atoms with Crippen LogP contribution < -0.4 is 0 Å². The zero-order chi connectivity index (χ0) is 22.5. The summed E-state index contributed by atoms with van der Waals surface area (Å²) in [7, 11) is 0.